The Bertz CT molecular complexity index is 895. The highest BCUT2D eigenvalue weighted by Gasteiger charge is 2.13. The summed E-state index contributed by atoms with van der Waals surface area (Å²) < 4.78 is 10.7. The average Bonchev–Trinajstić information content (AvgIpc) is 2.61. The molecule has 0 amide bonds. The second-order valence-corrected chi connectivity index (χ2v) is 6.31. The van der Waals surface area contributed by atoms with E-state index in [2.05, 4.69) is 41.3 Å². The van der Waals surface area contributed by atoms with Crippen LogP contribution in [0.25, 0.3) is 10.9 Å². The Hall–Kier alpha value is -2.53. The van der Waals surface area contributed by atoms with Crippen LogP contribution in [0.4, 0.5) is 11.5 Å². The third-order valence-electron chi connectivity index (χ3n) is 4.01. The number of ether oxygens (including phenoxy) is 2. The topological polar surface area (TPSA) is 56.3 Å². The number of benzene rings is 2. The second-order valence-electron chi connectivity index (χ2n) is 5.97. The van der Waals surface area contributed by atoms with Gasteiger partial charge in [-0.15, -0.1) is 0 Å². The van der Waals surface area contributed by atoms with Gasteiger partial charge in [0, 0.05) is 17.1 Å². The molecule has 130 valence electrons. The second kappa shape index (κ2) is 7.15. The van der Waals surface area contributed by atoms with Crippen molar-refractivity contribution in [3.8, 4) is 11.5 Å². The maximum absolute atomic E-state index is 6.09. The zero-order chi connectivity index (χ0) is 18.0. The normalized spacial score (nSPS) is 11.0. The Morgan fingerprint density at radius 1 is 0.960 bits per heavy atom. The van der Waals surface area contributed by atoms with Crippen LogP contribution in [0, 0.1) is 0 Å². The number of hydrogen-bond donors (Lipinski definition) is 1. The van der Waals surface area contributed by atoms with E-state index in [0.29, 0.717) is 28.8 Å². The largest absolute Gasteiger partial charge is 0.493 e. The van der Waals surface area contributed by atoms with Crippen LogP contribution in [0.15, 0.2) is 36.4 Å². The van der Waals surface area contributed by atoms with Gasteiger partial charge in [0.1, 0.15) is 5.82 Å². The molecule has 0 aliphatic carbocycles. The monoisotopic (exact) mass is 357 g/mol. The molecule has 0 fully saturated rings. The summed E-state index contributed by atoms with van der Waals surface area (Å²) in [5.41, 5.74) is 2.89. The van der Waals surface area contributed by atoms with Crippen LogP contribution in [0.3, 0.4) is 0 Å². The molecule has 3 rings (SSSR count). The predicted octanol–water partition coefficient (Wildman–Crippen LogP) is 5.17. The lowest BCUT2D eigenvalue weighted by Crippen LogP contribution is -1.99. The van der Waals surface area contributed by atoms with Gasteiger partial charge in [-0.1, -0.05) is 26.0 Å². The summed E-state index contributed by atoms with van der Waals surface area (Å²) in [5, 5.41) is 4.28. The standard InChI is InChI=1S/C19H20ClN3O2/c1-11(2)12-5-7-13(8-6-12)21-18-14-9-16(24-3)17(25-4)10-15(14)22-19(20)23-18/h5-11H,1-4H3,(H,21,22,23). The molecule has 0 saturated carbocycles. The van der Waals surface area contributed by atoms with Crippen molar-refractivity contribution in [2.45, 2.75) is 19.8 Å². The van der Waals surface area contributed by atoms with Crippen molar-refractivity contribution in [3.63, 3.8) is 0 Å². The highest BCUT2D eigenvalue weighted by atomic mass is 35.5. The zero-order valence-corrected chi connectivity index (χ0v) is 15.4. The number of fused-ring (bicyclic) bond motifs is 1. The molecular weight excluding hydrogens is 338 g/mol. The molecule has 2 aromatic carbocycles. The number of rotatable bonds is 5. The molecule has 0 spiro atoms. The van der Waals surface area contributed by atoms with Gasteiger partial charge < -0.3 is 14.8 Å². The van der Waals surface area contributed by atoms with Crippen molar-refractivity contribution in [1.29, 1.82) is 0 Å². The highest BCUT2D eigenvalue weighted by Crippen LogP contribution is 2.35. The van der Waals surface area contributed by atoms with Gasteiger partial charge in [0.2, 0.25) is 5.28 Å². The molecule has 6 heteroatoms. The van der Waals surface area contributed by atoms with Crippen LogP contribution in [-0.2, 0) is 0 Å². The van der Waals surface area contributed by atoms with Gasteiger partial charge in [-0.3, -0.25) is 0 Å². The van der Waals surface area contributed by atoms with Crippen LogP contribution in [0.5, 0.6) is 11.5 Å². The first-order valence-electron chi connectivity index (χ1n) is 7.98. The average molecular weight is 358 g/mol. The Kier molecular flexibility index (Phi) is 4.95. The Morgan fingerprint density at radius 3 is 2.20 bits per heavy atom. The summed E-state index contributed by atoms with van der Waals surface area (Å²) in [4.78, 5) is 8.61. The first-order chi connectivity index (χ1) is 12.0. The molecule has 0 unspecified atom stereocenters. The summed E-state index contributed by atoms with van der Waals surface area (Å²) in [6, 6.07) is 11.9. The summed E-state index contributed by atoms with van der Waals surface area (Å²) in [5.74, 6) is 2.31. The predicted molar refractivity (Wildman–Crippen MR) is 101 cm³/mol. The molecule has 0 atom stereocenters. The van der Waals surface area contributed by atoms with Crippen LogP contribution in [-0.4, -0.2) is 24.2 Å². The van der Waals surface area contributed by atoms with E-state index in [1.54, 1.807) is 20.3 Å². The number of aromatic nitrogens is 2. The minimum Gasteiger partial charge on any atom is -0.493 e. The molecule has 0 aliphatic heterocycles. The van der Waals surface area contributed by atoms with Crippen molar-refractivity contribution < 1.29 is 9.47 Å². The quantitative estimate of drug-likeness (QED) is 0.638. The smallest absolute Gasteiger partial charge is 0.224 e. The van der Waals surface area contributed by atoms with Crippen molar-refractivity contribution in [1.82, 2.24) is 9.97 Å². The maximum atomic E-state index is 6.09. The first kappa shape index (κ1) is 17.3. The molecule has 5 nitrogen and oxygen atoms in total. The van der Waals surface area contributed by atoms with E-state index in [1.807, 2.05) is 18.2 Å². The van der Waals surface area contributed by atoms with Gasteiger partial charge in [0.05, 0.1) is 19.7 Å². The number of methoxy groups -OCH3 is 2. The number of anilines is 2. The van der Waals surface area contributed by atoms with Crippen LogP contribution in [0.2, 0.25) is 5.28 Å². The third-order valence-corrected chi connectivity index (χ3v) is 4.18. The minimum absolute atomic E-state index is 0.168. The lowest BCUT2D eigenvalue weighted by molar-refractivity contribution is 0.356. The van der Waals surface area contributed by atoms with E-state index in [1.165, 1.54) is 5.56 Å². The fourth-order valence-corrected chi connectivity index (χ4v) is 2.79. The Balaban J connectivity index is 2.05. The molecule has 25 heavy (non-hydrogen) atoms. The van der Waals surface area contributed by atoms with E-state index in [0.717, 1.165) is 11.1 Å². The van der Waals surface area contributed by atoms with Gasteiger partial charge in [-0.05, 0) is 41.3 Å². The van der Waals surface area contributed by atoms with Crippen molar-refractivity contribution in [3.05, 3.63) is 47.2 Å². The summed E-state index contributed by atoms with van der Waals surface area (Å²) in [7, 11) is 3.18. The summed E-state index contributed by atoms with van der Waals surface area (Å²) in [6.45, 7) is 4.33. The van der Waals surface area contributed by atoms with Crippen molar-refractivity contribution in [2.75, 3.05) is 19.5 Å². The maximum Gasteiger partial charge on any atom is 0.224 e. The van der Waals surface area contributed by atoms with Gasteiger partial charge >= 0.3 is 0 Å². The SMILES string of the molecule is COc1cc2nc(Cl)nc(Nc3ccc(C(C)C)cc3)c2cc1OC. The molecule has 0 aliphatic rings. The van der Waals surface area contributed by atoms with E-state index < -0.39 is 0 Å². The fourth-order valence-electron chi connectivity index (χ4n) is 2.61. The van der Waals surface area contributed by atoms with Crippen LogP contribution >= 0.6 is 11.6 Å². The van der Waals surface area contributed by atoms with Gasteiger partial charge in [0.25, 0.3) is 0 Å². The molecule has 0 bridgehead atoms. The molecule has 1 aromatic heterocycles. The minimum atomic E-state index is 0.168. The van der Waals surface area contributed by atoms with Gasteiger partial charge in [-0.2, -0.15) is 4.98 Å². The van der Waals surface area contributed by atoms with E-state index in [9.17, 15) is 0 Å². The lowest BCUT2D eigenvalue weighted by Gasteiger charge is -2.13. The van der Waals surface area contributed by atoms with Gasteiger partial charge in [-0.25, -0.2) is 4.98 Å². The lowest BCUT2D eigenvalue weighted by atomic mass is 10.0. The highest BCUT2D eigenvalue weighted by molar-refractivity contribution is 6.28. The summed E-state index contributed by atoms with van der Waals surface area (Å²) >= 11 is 6.09. The molecule has 1 N–H and O–H groups in total. The Morgan fingerprint density at radius 2 is 1.60 bits per heavy atom. The molecular formula is C19H20ClN3O2. The van der Waals surface area contributed by atoms with Crippen molar-refractivity contribution >= 4 is 34.0 Å². The zero-order valence-electron chi connectivity index (χ0n) is 14.6. The fraction of sp³-hybridized carbons (Fsp3) is 0.263. The third kappa shape index (κ3) is 3.61. The number of nitrogens with one attached hydrogen (secondary N) is 1. The molecule has 0 saturated heterocycles. The van der Waals surface area contributed by atoms with Crippen LogP contribution in [0.1, 0.15) is 25.3 Å². The number of halogens is 1. The summed E-state index contributed by atoms with van der Waals surface area (Å²) in [6.07, 6.45) is 0. The van der Waals surface area contributed by atoms with Crippen LogP contribution < -0.4 is 14.8 Å². The molecule has 0 radical (unpaired) electrons. The van der Waals surface area contributed by atoms with Crippen molar-refractivity contribution in [2.24, 2.45) is 0 Å². The van der Waals surface area contributed by atoms with Gasteiger partial charge in [0.15, 0.2) is 11.5 Å². The Labute approximate surface area is 152 Å². The number of nitrogens with zero attached hydrogens (tertiary/aromatic N) is 2. The van der Waals surface area contributed by atoms with E-state index in [-0.39, 0.29) is 5.28 Å². The first-order valence-corrected chi connectivity index (χ1v) is 8.36. The molecule has 3 aromatic rings. The molecule has 1 heterocycles. The van der Waals surface area contributed by atoms with E-state index in [4.69, 9.17) is 21.1 Å². The number of hydrogen-bond acceptors (Lipinski definition) is 5. The van der Waals surface area contributed by atoms with E-state index >= 15 is 0 Å².